The SMILES string of the molecule is CC.CC(C)(C)NC(=O)c1cc(-c2ccc(Cl)cc2)nc(-c2cncnc2C(C)(C)C)c1.CC(C)(C)NC(=O)c1cc(-c2ccc(F)cc2)nc(-c2cncnc2C(C)(C)C)c1. The van der Waals surface area contributed by atoms with Gasteiger partial charge in [0, 0.05) is 72.7 Å². The molecule has 2 N–H and O–H groups in total. The first-order valence-corrected chi connectivity index (χ1v) is 21.1. The lowest BCUT2D eigenvalue weighted by Crippen LogP contribution is -2.40. The van der Waals surface area contributed by atoms with E-state index in [9.17, 15) is 14.0 Å². The number of aromatic nitrogens is 6. The lowest BCUT2D eigenvalue weighted by molar-refractivity contribution is 0.0910. The van der Waals surface area contributed by atoms with Crippen molar-refractivity contribution in [2.45, 2.75) is 119 Å². The number of halogens is 2. The molecule has 0 atom stereocenters. The van der Waals surface area contributed by atoms with Crippen molar-refractivity contribution in [1.29, 1.82) is 0 Å². The summed E-state index contributed by atoms with van der Waals surface area (Å²) in [5, 5.41) is 6.66. The fourth-order valence-corrected chi connectivity index (χ4v) is 6.32. The van der Waals surface area contributed by atoms with E-state index in [-0.39, 0.29) is 39.5 Å². The van der Waals surface area contributed by atoms with Gasteiger partial charge in [-0.05, 0) is 102 Å². The van der Waals surface area contributed by atoms with Gasteiger partial charge in [0.25, 0.3) is 11.8 Å². The number of carbonyl (C=O) groups excluding carboxylic acids is 2. The van der Waals surface area contributed by atoms with Gasteiger partial charge in [0.2, 0.25) is 0 Å². The summed E-state index contributed by atoms with van der Waals surface area (Å²) in [6, 6.07) is 20.5. The van der Waals surface area contributed by atoms with E-state index in [4.69, 9.17) is 21.6 Å². The van der Waals surface area contributed by atoms with Crippen molar-refractivity contribution in [3.63, 3.8) is 0 Å². The lowest BCUT2D eigenvalue weighted by Gasteiger charge is -2.22. The maximum Gasteiger partial charge on any atom is 0.251 e. The van der Waals surface area contributed by atoms with Gasteiger partial charge in [-0.25, -0.2) is 34.3 Å². The maximum atomic E-state index is 13.4. The average molecular weight is 860 g/mol. The van der Waals surface area contributed by atoms with Crippen molar-refractivity contribution < 1.29 is 14.0 Å². The Morgan fingerprint density at radius 3 is 1.21 bits per heavy atom. The molecule has 0 fully saturated rings. The summed E-state index contributed by atoms with van der Waals surface area (Å²) in [7, 11) is 0. The van der Waals surface area contributed by atoms with Gasteiger partial charge in [0.15, 0.2) is 0 Å². The zero-order chi connectivity index (χ0) is 46.2. The fourth-order valence-electron chi connectivity index (χ4n) is 6.19. The molecule has 2 amide bonds. The predicted octanol–water partition coefficient (Wildman–Crippen LogP) is 11.9. The van der Waals surface area contributed by atoms with E-state index in [1.807, 2.05) is 79.7 Å². The van der Waals surface area contributed by atoms with Crippen LogP contribution in [0.4, 0.5) is 4.39 Å². The van der Waals surface area contributed by atoms with Gasteiger partial charge in [-0.15, -0.1) is 0 Å². The van der Waals surface area contributed by atoms with Crippen LogP contribution >= 0.6 is 11.6 Å². The Labute approximate surface area is 371 Å². The van der Waals surface area contributed by atoms with Crippen LogP contribution < -0.4 is 10.6 Å². The summed E-state index contributed by atoms with van der Waals surface area (Å²) in [4.78, 5) is 52.9. The van der Waals surface area contributed by atoms with Crippen LogP contribution in [-0.4, -0.2) is 52.8 Å². The van der Waals surface area contributed by atoms with Crippen LogP contribution in [0.1, 0.15) is 129 Å². The summed E-state index contributed by atoms with van der Waals surface area (Å²) >= 11 is 6.05. The quantitative estimate of drug-likeness (QED) is 0.169. The van der Waals surface area contributed by atoms with Crippen molar-refractivity contribution in [3.8, 4) is 45.0 Å². The number of amides is 2. The minimum atomic E-state index is -0.386. The molecule has 4 aromatic heterocycles. The van der Waals surface area contributed by atoms with Crippen LogP contribution in [-0.2, 0) is 10.8 Å². The molecule has 0 aliphatic carbocycles. The molecule has 62 heavy (non-hydrogen) atoms. The van der Waals surface area contributed by atoms with Crippen molar-refractivity contribution in [1.82, 2.24) is 40.5 Å². The number of pyridine rings is 2. The number of nitrogens with one attached hydrogen (secondary N) is 2. The molecule has 4 heterocycles. The zero-order valence-electron chi connectivity index (χ0n) is 38.5. The molecule has 0 saturated carbocycles. The van der Waals surface area contributed by atoms with Crippen molar-refractivity contribution in [3.05, 3.63) is 131 Å². The molecular formula is C50H60ClFN8O2. The first kappa shape index (κ1) is 48.7. The molecule has 0 saturated heterocycles. The highest BCUT2D eigenvalue weighted by Gasteiger charge is 2.25. The van der Waals surface area contributed by atoms with E-state index < -0.39 is 0 Å². The van der Waals surface area contributed by atoms with Crippen molar-refractivity contribution >= 4 is 23.4 Å². The Hall–Kier alpha value is -5.94. The monoisotopic (exact) mass is 858 g/mol. The highest BCUT2D eigenvalue weighted by molar-refractivity contribution is 6.30. The fraction of sp³-hybridized carbons (Fsp3) is 0.360. The Morgan fingerprint density at radius 1 is 0.532 bits per heavy atom. The second kappa shape index (κ2) is 19.8. The van der Waals surface area contributed by atoms with Gasteiger partial charge in [0.05, 0.1) is 34.2 Å². The van der Waals surface area contributed by atoms with Crippen molar-refractivity contribution in [2.75, 3.05) is 0 Å². The number of hydrogen-bond acceptors (Lipinski definition) is 8. The third-order valence-electron chi connectivity index (χ3n) is 8.83. The minimum Gasteiger partial charge on any atom is -0.347 e. The van der Waals surface area contributed by atoms with Crippen LogP contribution in [0.25, 0.3) is 45.0 Å². The van der Waals surface area contributed by atoms with Crippen LogP contribution in [0.5, 0.6) is 0 Å². The molecule has 6 aromatic rings. The van der Waals surface area contributed by atoms with Crippen LogP contribution in [0.2, 0.25) is 5.02 Å². The van der Waals surface area contributed by atoms with E-state index >= 15 is 0 Å². The topological polar surface area (TPSA) is 136 Å². The average Bonchev–Trinajstić information content (AvgIpc) is 3.20. The Morgan fingerprint density at radius 2 is 0.871 bits per heavy atom. The molecule has 2 aromatic carbocycles. The van der Waals surface area contributed by atoms with E-state index in [1.165, 1.54) is 18.5 Å². The molecule has 0 aliphatic heterocycles. The van der Waals surface area contributed by atoms with Gasteiger partial charge in [-0.1, -0.05) is 79.1 Å². The largest absolute Gasteiger partial charge is 0.347 e. The summed E-state index contributed by atoms with van der Waals surface area (Å²) in [5.74, 6) is -0.689. The van der Waals surface area contributed by atoms with Gasteiger partial charge in [-0.2, -0.15) is 0 Å². The number of nitrogens with zero attached hydrogens (tertiary/aromatic N) is 6. The molecule has 0 radical (unpaired) electrons. The molecule has 12 heteroatoms. The van der Waals surface area contributed by atoms with Crippen LogP contribution in [0.3, 0.4) is 0 Å². The maximum absolute atomic E-state index is 13.4. The third kappa shape index (κ3) is 13.5. The third-order valence-corrected chi connectivity index (χ3v) is 9.08. The summed E-state index contributed by atoms with van der Waals surface area (Å²) in [6.07, 6.45) is 6.53. The van der Waals surface area contributed by atoms with Gasteiger partial charge in [-0.3, -0.25) is 9.59 Å². The standard InChI is InChI=1S/C24H27ClN4O.C24H27FN4O.C2H6/c2*1-23(2,3)21-18(13-26-14-27-21)20-12-16(22(30)29-24(4,5)6)11-19(28-20)15-7-9-17(25)10-8-15;1-2/h2*7-14H,1-6H3,(H,29,30);1-2H3. The normalized spacial score (nSPS) is 11.7. The highest BCUT2D eigenvalue weighted by atomic mass is 35.5. The first-order valence-electron chi connectivity index (χ1n) is 20.7. The smallest absolute Gasteiger partial charge is 0.251 e. The van der Waals surface area contributed by atoms with E-state index in [0.717, 1.165) is 33.6 Å². The first-order chi connectivity index (χ1) is 28.9. The van der Waals surface area contributed by atoms with Gasteiger partial charge >= 0.3 is 0 Å². The Kier molecular flexibility index (Phi) is 15.6. The van der Waals surface area contributed by atoms with Crippen LogP contribution in [0.15, 0.2) is 97.8 Å². The Balaban J connectivity index is 0.000000262. The minimum absolute atomic E-state index is 0.157. The highest BCUT2D eigenvalue weighted by Crippen LogP contribution is 2.34. The second-order valence-electron chi connectivity index (χ2n) is 18.7. The Bertz CT molecular complexity index is 2300. The lowest BCUT2D eigenvalue weighted by atomic mass is 9.87. The molecular weight excluding hydrogens is 799 g/mol. The number of benzene rings is 2. The summed E-state index contributed by atoms with van der Waals surface area (Å²) < 4.78 is 13.4. The van der Waals surface area contributed by atoms with Crippen molar-refractivity contribution in [2.24, 2.45) is 0 Å². The molecule has 326 valence electrons. The van der Waals surface area contributed by atoms with E-state index in [0.29, 0.717) is 38.9 Å². The number of hydrogen-bond donors (Lipinski definition) is 2. The molecule has 0 bridgehead atoms. The summed E-state index contributed by atoms with van der Waals surface area (Å²) in [5.41, 5.74) is 7.22. The molecule has 0 aliphatic rings. The predicted molar refractivity (Wildman–Crippen MR) is 250 cm³/mol. The second-order valence-corrected chi connectivity index (χ2v) is 19.2. The molecule has 0 spiro atoms. The summed E-state index contributed by atoms with van der Waals surface area (Å²) in [6.45, 7) is 28.1. The number of carbonyl (C=O) groups is 2. The van der Waals surface area contributed by atoms with E-state index in [1.54, 1.807) is 55.1 Å². The molecule has 10 nitrogen and oxygen atoms in total. The van der Waals surface area contributed by atoms with Gasteiger partial charge < -0.3 is 10.6 Å². The van der Waals surface area contributed by atoms with Gasteiger partial charge in [0.1, 0.15) is 18.5 Å². The molecule has 6 rings (SSSR count). The zero-order valence-corrected chi connectivity index (χ0v) is 39.2. The van der Waals surface area contributed by atoms with Crippen LogP contribution in [0, 0.1) is 5.82 Å². The number of rotatable bonds is 6. The molecule has 0 unspecified atom stereocenters. The van der Waals surface area contributed by atoms with E-state index in [2.05, 4.69) is 72.1 Å².